The molecule has 0 saturated carbocycles. The van der Waals surface area contributed by atoms with Crippen LogP contribution in [-0.2, 0) is 10.0 Å². The number of anilines is 1. The zero-order valence-electron chi connectivity index (χ0n) is 10.3. The molecular formula is C11H5Br2F2NO4S2. The zero-order valence-corrected chi connectivity index (χ0v) is 15.1. The number of para-hydroxylation sites is 1. The second-order valence-electron chi connectivity index (χ2n) is 4.09. The molecule has 1 aliphatic heterocycles. The monoisotopic (exact) mass is 475 g/mol. The van der Waals surface area contributed by atoms with Crippen molar-refractivity contribution in [2.45, 2.75) is 10.5 Å². The van der Waals surface area contributed by atoms with Gasteiger partial charge in [0.2, 0.25) is 0 Å². The van der Waals surface area contributed by atoms with Gasteiger partial charge >= 0.3 is 6.29 Å². The van der Waals surface area contributed by atoms with Crippen LogP contribution in [0.1, 0.15) is 0 Å². The normalized spacial score (nSPS) is 15.8. The molecule has 2 heterocycles. The molecule has 118 valence electrons. The Morgan fingerprint density at radius 1 is 1.23 bits per heavy atom. The fraction of sp³-hybridized carbons (Fsp3) is 0.0909. The molecule has 0 unspecified atom stereocenters. The lowest BCUT2D eigenvalue weighted by Crippen LogP contribution is -2.26. The van der Waals surface area contributed by atoms with E-state index in [0.717, 1.165) is 11.3 Å². The van der Waals surface area contributed by atoms with Gasteiger partial charge in [0, 0.05) is 4.47 Å². The van der Waals surface area contributed by atoms with E-state index in [4.69, 9.17) is 0 Å². The summed E-state index contributed by atoms with van der Waals surface area (Å²) in [4.78, 5) is 0. The molecule has 0 atom stereocenters. The van der Waals surface area contributed by atoms with Crippen LogP contribution in [0.3, 0.4) is 0 Å². The Labute approximate surface area is 144 Å². The summed E-state index contributed by atoms with van der Waals surface area (Å²) >= 11 is 7.35. The van der Waals surface area contributed by atoms with Crippen molar-refractivity contribution in [2.24, 2.45) is 0 Å². The second-order valence-corrected chi connectivity index (χ2v) is 9.23. The summed E-state index contributed by atoms with van der Waals surface area (Å²) in [6, 6.07) is 5.33. The molecule has 11 heteroatoms. The van der Waals surface area contributed by atoms with Crippen molar-refractivity contribution in [1.29, 1.82) is 0 Å². The van der Waals surface area contributed by atoms with Crippen LogP contribution < -0.4 is 14.2 Å². The molecule has 2 aromatic rings. The van der Waals surface area contributed by atoms with Crippen LogP contribution in [0.2, 0.25) is 0 Å². The van der Waals surface area contributed by atoms with Crippen molar-refractivity contribution in [3.63, 3.8) is 0 Å². The first kappa shape index (κ1) is 16.0. The summed E-state index contributed by atoms with van der Waals surface area (Å²) in [5, 5.41) is 0. The number of benzene rings is 1. The van der Waals surface area contributed by atoms with Crippen molar-refractivity contribution in [3.8, 4) is 11.5 Å². The molecule has 3 rings (SSSR count). The van der Waals surface area contributed by atoms with E-state index in [9.17, 15) is 17.2 Å². The van der Waals surface area contributed by atoms with Crippen molar-refractivity contribution in [2.75, 3.05) is 4.72 Å². The summed E-state index contributed by atoms with van der Waals surface area (Å²) in [7, 11) is -3.95. The van der Waals surface area contributed by atoms with E-state index in [1.807, 2.05) is 0 Å². The van der Waals surface area contributed by atoms with Crippen LogP contribution in [0.15, 0.2) is 36.7 Å². The van der Waals surface area contributed by atoms with Crippen LogP contribution in [-0.4, -0.2) is 14.7 Å². The molecular weight excluding hydrogens is 472 g/mol. The van der Waals surface area contributed by atoms with Crippen LogP contribution in [0, 0.1) is 0 Å². The largest absolute Gasteiger partial charge is 0.586 e. The first-order valence-corrected chi connectivity index (χ1v) is 9.43. The SMILES string of the molecule is O=S(=O)(Nc1cccc2c1OC(F)(F)O2)c1cc(Br)c(Br)s1. The molecule has 0 radical (unpaired) electrons. The Balaban J connectivity index is 1.96. The third-order valence-electron chi connectivity index (χ3n) is 2.56. The maximum atomic E-state index is 13.1. The number of halogens is 4. The maximum absolute atomic E-state index is 13.1. The molecule has 0 fully saturated rings. The van der Waals surface area contributed by atoms with Gasteiger partial charge in [-0.05, 0) is 50.1 Å². The van der Waals surface area contributed by atoms with Crippen molar-refractivity contribution in [3.05, 3.63) is 32.5 Å². The van der Waals surface area contributed by atoms with Gasteiger partial charge in [0.1, 0.15) is 4.21 Å². The molecule has 0 bridgehead atoms. The van der Waals surface area contributed by atoms with Gasteiger partial charge in [0.25, 0.3) is 10.0 Å². The average Bonchev–Trinajstić information content (AvgIpc) is 2.89. The van der Waals surface area contributed by atoms with Crippen LogP contribution in [0.5, 0.6) is 11.5 Å². The van der Waals surface area contributed by atoms with E-state index in [2.05, 4.69) is 46.1 Å². The second kappa shape index (κ2) is 5.32. The van der Waals surface area contributed by atoms with E-state index in [1.54, 1.807) is 0 Å². The molecule has 0 amide bonds. The van der Waals surface area contributed by atoms with Gasteiger partial charge in [0.05, 0.1) is 9.47 Å². The van der Waals surface area contributed by atoms with Gasteiger partial charge in [0.15, 0.2) is 11.5 Å². The highest BCUT2D eigenvalue weighted by molar-refractivity contribution is 9.13. The van der Waals surface area contributed by atoms with Gasteiger partial charge in [-0.1, -0.05) is 6.07 Å². The average molecular weight is 477 g/mol. The van der Waals surface area contributed by atoms with Crippen molar-refractivity contribution in [1.82, 2.24) is 0 Å². The van der Waals surface area contributed by atoms with Gasteiger partial charge in [-0.25, -0.2) is 8.42 Å². The van der Waals surface area contributed by atoms with Crippen molar-refractivity contribution >= 4 is 58.9 Å². The number of thiophene rings is 1. The molecule has 1 aliphatic rings. The minimum Gasteiger partial charge on any atom is -0.395 e. The number of hydrogen-bond acceptors (Lipinski definition) is 5. The van der Waals surface area contributed by atoms with Gasteiger partial charge in [-0.3, -0.25) is 4.72 Å². The van der Waals surface area contributed by atoms with Crippen LogP contribution >= 0.6 is 43.2 Å². The van der Waals surface area contributed by atoms with E-state index in [0.29, 0.717) is 8.26 Å². The fourth-order valence-corrected chi connectivity index (χ4v) is 5.59. The van der Waals surface area contributed by atoms with E-state index >= 15 is 0 Å². The Kier molecular flexibility index (Phi) is 3.86. The molecule has 1 aromatic carbocycles. The highest BCUT2D eigenvalue weighted by Crippen LogP contribution is 2.46. The lowest BCUT2D eigenvalue weighted by atomic mass is 10.3. The lowest BCUT2D eigenvalue weighted by Gasteiger charge is -2.09. The Bertz CT molecular complexity index is 834. The molecule has 0 aliphatic carbocycles. The van der Waals surface area contributed by atoms with Crippen LogP contribution in [0.25, 0.3) is 0 Å². The third kappa shape index (κ3) is 2.94. The third-order valence-corrected chi connectivity index (χ3v) is 7.66. The molecule has 1 aromatic heterocycles. The summed E-state index contributed by atoms with van der Waals surface area (Å²) in [5.41, 5.74) is -0.129. The van der Waals surface area contributed by atoms with Gasteiger partial charge < -0.3 is 9.47 Å². The fourth-order valence-electron chi connectivity index (χ4n) is 1.70. The molecule has 5 nitrogen and oxygen atoms in total. The number of nitrogens with one attached hydrogen (secondary N) is 1. The summed E-state index contributed by atoms with van der Waals surface area (Å²) in [6.07, 6.45) is -3.82. The maximum Gasteiger partial charge on any atom is 0.586 e. The zero-order chi connectivity index (χ0) is 16.1. The quantitative estimate of drug-likeness (QED) is 0.713. The van der Waals surface area contributed by atoms with Crippen molar-refractivity contribution < 1.29 is 26.7 Å². The molecule has 1 N–H and O–H groups in total. The summed E-state index contributed by atoms with van der Waals surface area (Å²) < 4.78 is 62.8. The smallest absolute Gasteiger partial charge is 0.395 e. The summed E-state index contributed by atoms with van der Waals surface area (Å²) in [5.74, 6) is -0.593. The topological polar surface area (TPSA) is 64.6 Å². The van der Waals surface area contributed by atoms with E-state index in [1.165, 1.54) is 24.3 Å². The Morgan fingerprint density at radius 2 is 1.95 bits per heavy atom. The predicted molar refractivity (Wildman–Crippen MR) is 83.2 cm³/mol. The molecule has 0 saturated heterocycles. The highest BCUT2D eigenvalue weighted by atomic mass is 79.9. The standard InChI is InChI=1S/C11H5Br2F2NO4S2/c12-5-4-8(21-10(5)13)22(17,18)16-6-2-1-3-7-9(6)20-11(14,15)19-7/h1-4,16H. The van der Waals surface area contributed by atoms with Gasteiger partial charge in [-0.15, -0.1) is 20.1 Å². The van der Waals surface area contributed by atoms with E-state index < -0.39 is 16.3 Å². The first-order chi connectivity index (χ1) is 10.2. The number of sulfonamides is 1. The molecule has 22 heavy (non-hydrogen) atoms. The van der Waals surface area contributed by atoms with E-state index in [-0.39, 0.29) is 21.4 Å². The molecule has 0 spiro atoms. The highest BCUT2D eigenvalue weighted by Gasteiger charge is 2.45. The lowest BCUT2D eigenvalue weighted by molar-refractivity contribution is -0.286. The first-order valence-electron chi connectivity index (χ1n) is 5.54. The predicted octanol–water partition coefficient (Wildman–Crippen LogP) is 4.40. The Hall–Kier alpha value is -0.910. The number of fused-ring (bicyclic) bond motifs is 1. The van der Waals surface area contributed by atoms with Crippen LogP contribution in [0.4, 0.5) is 14.5 Å². The number of rotatable bonds is 3. The number of alkyl halides is 2. The number of hydrogen-bond donors (Lipinski definition) is 1. The number of ether oxygens (including phenoxy) is 2. The summed E-state index contributed by atoms with van der Waals surface area (Å²) in [6.45, 7) is 0. The minimum atomic E-state index is -3.95. The minimum absolute atomic E-state index is 0.00882. The van der Waals surface area contributed by atoms with Gasteiger partial charge in [-0.2, -0.15) is 0 Å². The Morgan fingerprint density at radius 3 is 2.59 bits per heavy atom.